The van der Waals surface area contributed by atoms with Crippen molar-refractivity contribution in [1.82, 2.24) is 0 Å². The van der Waals surface area contributed by atoms with Crippen molar-refractivity contribution >= 4 is 56.1 Å². The third-order valence-electron chi connectivity index (χ3n) is 5.52. The van der Waals surface area contributed by atoms with Crippen LogP contribution < -0.4 is 4.74 Å². The molecule has 0 bridgehead atoms. The van der Waals surface area contributed by atoms with Gasteiger partial charge in [-0.1, -0.05) is 75.5 Å². The van der Waals surface area contributed by atoms with Gasteiger partial charge in [-0.25, -0.2) is 4.99 Å². The summed E-state index contributed by atoms with van der Waals surface area (Å²) in [6, 6.07) is 27.2. The molecule has 0 saturated heterocycles. The fourth-order valence-electron chi connectivity index (χ4n) is 4.00. The Hall–Kier alpha value is -3.10. The summed E-state index contributed by atoms with van der Waals surface area (Å²) in [6.45, 7) is 0. The molecule has 1 heterocycles. The molecule has 4 aromatic rings. The zero-order valence-electron chi connectivity index (χ0n) is 17.1. The van der Waals surface area contributed by atoms with E-state index in [-0.39, 0.29) is 11.8 Å². The summed E-state index contributed by atoms with van der Waals surface area (Å²) in [6.07, 6.45) is 1.67. The number of aliphatic imine (C=N–C) groups is 1. The Morgan fingerprint density at radius 1 is 0.909 bits per heavy atom. The first kappa shape index (κ1) is 21.7. The van der Waals surface area contributed by atoms with Crippen LogP contribution in [0.2, 0.25) is 10.0 Å². The lowest BCUT2D eigenvalue weighted by Crippen LogP contribution is -2.16. The number of fused-ring (bicyclic) bond motifs is 3. The summed E-state index contributed by atoms with van der Waals surface area (Å²) in [5, 5.41) is 13.6. The van der Waals surface area contributed by atoms with Crippen molar-refractivity contribution in [2.45, 2.75) is 5.92 Å². The topological polar surface area (TPSA) is 45.4 Å². The third kappa shape index (κ3) is 4.28. The molecule has 6 heteroatoms. The number of ether oxygens (including phenoxy) is 1. The van der Waals surface area contributed by atoms with E-state index in [1.807, 2.05) is 60.7 Å². The number of nitrogens with zero attached hydrogens (tertiary/aromatic N) is 2. The van der Waals surface area contributed by atoms with Gasteiger partial charge in [-0.2, -0.15) is 5.26 Å². The number of halogens is 3. The first-order valence-electron chi connectivity index (χ1n) is 10.1. The quantitative estimate of drug-likeness (QED) is 0.249. The van der Waals surface area contributed by atoms with Crippen LogP contribution in [-0.4, -0.2) is 6.21 Å². The molecule has 0 N–H and O–H groups in total. The molecule has 0 aliphatic carbocycles. The second kappa shape index (κ2) is 9.03. The van der Waals surface area contributed by atoms with E-state index in [1.54, 1.807) is 18.3 Å². The van der Waals surface area contributed by atoms with Gasteiger partial charge in [0.1, 0.15) is 17.4 Å². The summed E-state index contributed by atoms with van der Waals surface area (Å²) in [4.78, 5) is 4.55. The van der Waals surface area contributed by atoms with Gasteiger partial charge in [0.2, 0.25) is 5.88 Å². The van der Waals surface area contributed by atoms with Gasteiger partial charge in [0, 0.05) is 26.3 Å². The van der Waals surface area contributed by atoms with Gasteiger partial charge in [0.25, 0.3) is 0 Å². The molecule has 0 radical (unpaired) electrons. The first-order valence-corrected chi connectivity index (χ1v) is 11.7. The van der Waals surface area contributed by atoms with Gasteiger partial charge >= 0.3 is 0 Å². The summed E-state index contributed by atoms with van der Waals surface area (Å²) in [7, 11) is 0. The maximum atomic E-state index is 10.2. The SMILES string of the molecule is N#CC1=C(/N=C/c2ccc(Cl)cc2)Oc2ccc3cc(Br)ccc3c2C1c1ccc(Cl)cc1. The molecule has 4 aromatic carbocycles. The van der Waals surface area contributed by atoms with Crippen molar-refractivity contribution in [2.75, 3.05) is 0 Å². The molecule has 0 amide bonds. The van der Waals surface area contributed by atoms with E-state index in [9.17, 15) is 5.26 Å². The molecule has 0 saturated carbocycles. The average Bonchev–Trinajstić information content (AvgIpc) is 2.83. The normalized spacial score (nSPS) is 15.4. The van der Waals surface area contributed by atoms with Crippen molar-refractivity contribution in [3.8, 4) is 11.8 Å². The third-order valence-corrected chi connectivity index (χ3v) is 6.52. The minimum atomic E-state index is -0.349. The number of hydrogen-bond acceptors (Lipinski definition) is 3. The Morgan fingerprint density at radius 3 is 2.30 bits per heavy atom. The van der Waals surface area contributed by atoms with Crippen LogP contribution in [0.4, 0.5) is 0 Å². The largest absolute Gasteiger partial charge is 0.438 e. The fraction of sp³-hybridized carbons (Fsp3) is 0.0370. The molecule has 0 fully saturated rings. The van der Waals surface area contributed by atoms with E-state index in [2.05, 4.69) is 33.1 Å². The highest BCUT2D eigenvalue weighted by molar-refractivity contribution is 9.10. The monoisotopic (exact) mass is 532 g/mol. The summed E-state index contributed by atoms with van der Waals surface area (Å²) >= 11 is 15.7. The van der Waals surface area contributed by atoms with Gasteiger partial charge in [0.05, 0.1) is 5.92 Å². The Bertz CT molecular complexity index is 1470. The van der Waals surface area contributed by atoms with Crippen LogP contribution >= 0.6 is 39.1 Å². The highest BCUT2D eigenvalue weighted by Gasteiger charge is 2.33. The molecule has 5 rings (SSSR count). The van der Waals surface area contributed by atoms with Gasteiger partial charge in [-0.3, -0.25) is 0 Å². The molecule has 160 valence electrons. The van der Waals surface area contributed by atoms with Crippen molar-refractivity contribution < 1.29 is 4.74 Å². The Kier molecular flexibility index (Phi) is 5.95. The Balaban J connectivity index is 1.71. The van der Waals surface area contributed by atoms with Crippen LogP contribution in [0.25, 0.3) is 10.8 Å². The highest BCUT2D eigenvalue weighted by atomic mass is 79.9. The van der Waals surface area contributed by atoms with Crippen LogP contribution in [0.5, 0.6) is 5.75 Å². The number of hydrogen-bond donors (Lipinski definition) is 0. The van der Waals surface area contributed by atoms with Crippen LogP contribution in [0.15, 0.2) is 99.8 Å². The van der Waals surface area contributed by atoms with Crippen LogP contribution in [0.3, 0.4) is 0 Å². The Labute approximate surface area is 209 Å². The van der Waals surface area contributed by atoms with Crippen LogP contribution in [-0.2, 0) is 0 Å². The minimum absolute atomic E-state index is 0.274. The second-order valence-corrected chi connectivity index (χ2v) is 9.36. The number of rotatable bonds is 3. The molecule has 1 aliphatic heterocycles. The molecular weight excluding hydrogens is 519 g/mol. The van der Waals surface area contributed by atoms with Gasteiger partial charge in [-0.05, 0) is 64.4 Å². The smallest absolute Gasteiger partial charge is 0.234 e. The zero-order valence-corrected chi connectivity index (χ0v) is 20.2. The standard InChI is InChI=1S/C27H15BrCl2N2O/c28-19-6-11-22-18(13-19)5-12-24-26(22)25(17-3-9-21(30)10-4-17)23(14-31)27(33-24)32-15-16-1-7-20(29)8-2-16/h1-13,15,25H/b32-15+. The van der Waals surface area contributed by atoms with Gasteiger partial charge in [-0.15, -0.1) is 0 Å². The lowest BCUT2D eigenvalue weighted by molar-refractivity contribution is 0.396. The van der Waals surface area contributed by atoms with Crippen molar-refractivity contribution in [2.24, 2.45) is 4.99 Å². The zero-order chi connectivity index (χ0) is 22.9. The highest BCUT2D eigenvalue weighted by Crippen LogP contribution is 2.47. The fourth-order valence-corrected chi connectivity index (χ4v) is 4.63. The number of nitriles is 1. The van der Waals surface area contributed by atoms with Gasteiger partial charge in [0.15, 0.2) is 0 Å². The van der Waals surface area contributed by atoms with E-state index in [0.29, 0.717) is 21.4 Å². The van der Waals surface area contributed by atoms with E-state index in [0.717, 1.165) is 31.9 Å². The molecule has 33 heavy (non-hydrogen) atoms. The molecule has 0 spiro atoms. The maximum absolute atomic E-state index is 10.2. The van der Waals surface area contributed by atoms with E-state index in [1.165, 1.54) is 0 Å². The second-order valence-electron chi connectivity index (χ2n) is 7.57. The average molecular weight is 534 g/mol. The summed E-state index contributed by atoms with van der Waals surface area (Å²) in [5.41, 5.74) is 3.16. The van der Waals surface area contributed by atoms with E-state index < -0.39 is 0 Å². The van der Waals surface area contributed by atoms with E-state index in [4.69, 9.17) is 27.9 Å². The van der Waals surface area contributed by atoms with Crippen molar-refractivity contribution in [1.29, 1.82) is 5.26 Å². The van der Waals surface area contributed by atoms with Crippen molar-refractivity contribution in [3.05, 3.63) is 122 Å². The number of benzene rings is 4. The first-order chi connectivity index (χ1) is 16.0. The van der Waals surface area contributed by atoms with Crippen LogP contribution in [0, 0.1) is 11.3 Å². The van der Waals surface area contributed by atoms with E-state index >= 15 is 0 Å². The summed E-state index contributed by atoms with van der Waals surface area (Å²) in [5.74, 6) is 0.599. The minimum Gasteiger partial charge on any atom is -0.438 e. The molecular formula is C27H15BrCl2N2O. The summed E-state index contributed by atoms with van der Waals surface area (Å²) < 4.78 is 7.18. The molecule has 3 nitrogen and oxygen atoms in total. The van der Waals surface area contributed by atoms with Crippen molar-refractivity contribution in [3.63, 3.8) is 0 Å². The maximum Gasteiger partial charge on any atom is 0.234 e. The lowest BCUT2D eigenvalue weighted by Gasteiger charge is -2.28. The number of allylic oxidation sites excluding steroid dienone is 1. The van der Waals surface area contributed by atoms with Crippen LogP contribution in [0.1, 0.15) is 22.6 Å². The molecule has 1 atom stereocenters. The molecule has 1 aliphatic rings. The predicted molar refractivity (Wildman–Crippen MR) is 137 cm³/mol. The molecule has 1 unspecified atom stereocenters. The van der Waals surface area contributed by atoms with Gasteiger partial charge < -0.3 is 4.74 Å². The lowest BCUT2D eigenvalue weighted by atomic mass is 9.81. The predicted octanol–water partition coefficient (Wildman–Crippen LogP) is 8.29. The Morgan fingerprint density at radius 2 is 1.61 bits per heavy atom. The molecule has 0 aromatic heterocycles.